The minimum Gasteiger partial charge on any atom is -0.394 e. The molecule has 4 heteroatoms. The molecule has 1 fully saturated rings. The maximum Gasteiger partial charge on any atom is 0.237 e. The minimum atomic E-state index is -0.422. The van der Waals surface area contributed by atoms with Crippen LogP contribution in [0, 0.1) is 0 Å². The summed E-state index contributed by atoms with van der Waals surface area (Å²) in [4.78, 5) is 11.4. The van der Waals surface area contributed by atoms with E-state index in [1.165, 1.54) is 0 Å². The Bertz CT molecular complexity index is 190. The standard InChI is InChI=1S/C9H18N2O2/c1-2-3-7(10)8(13)11-9(6-12)4-5-9/h7,12H,2-6,10H2,1H3,(H,11,13)/t7-/m1/s1. The normalized spacial score (nSPS) is 20.8. The van der Waals surface area contributed by atoms with Crippen molar-refractivity contribution < 1.29 is 9.90 Å². The largest absolute Gasteiger partial charge is 0.394 e. The van der Waals surface area contributed by atoms with Crippen molar-refractivity contribution in [3.8, 4) is 0 Å². The van der Waals surface area contributed by atoms with Crippen molar-refractivity contribution in [1.29, 1.82) is 0 Å². The van der Waals surface area contributed by atoms with Crippen LogP contribution in [0.4, 0.5) is 0 Å². The third-order valence-corrected chi connectivity index (χ3v) is 2.48. The van der Waals surface area contributed by atoms with Gasteiger partial charge in [-0.25, -0.2) is 0 Å². The maximum absolute atomic E-state index is 11.4. The van der Waals surface area contributed by atoms with Crippen LogP contribution in [0.5, 0.6) is 0 Å². The Morgan fingerprint density at radius 2 is 2.31 bits per heavy atom. The molecular weight excluding hydrogens is 168 g/mol. The second-order valence-electron chi connectivity index (χ2n) is 3.82. The first-order valence-electron chi connectivity index (χ1n) is 4.82. The van der Waals surface area contributed by atoms with Crippen molar-refractivity contribution in [1.82, 2.24) is 5.32 Å². The van der Waals surface area contributed by atoms with Gasteiger partial charge in [0.05, 0.1) is 18.2 Å². The lowest BCUT2D eigenvalue weighted by atomic mass is 10.1. The number of aliphatic hydroxyl groups excluding tert-OH is 1. The summed E-state index contributed by atoms with van der Waals surface area (Å²) in [6.07, 6.45) is 3.34. The molecule has 0 spiro atoms. The van der Waals surface area contributed by atoms with Crippen LogP contribution < -0.4 is 11.1 Å². The molecule has 4 nitrogen and oxygen atoms in total. The molecule has 0 aliphatic heterocycles. The van der Waals surface area contributed by atoms with Gasteiger partial charge in [-0.3, -0.25) is 4.79 Å². The molecule has 76 valence electrons. The van der Waals surface area contributed by atoms with Crippen LogP contribution >= 0.6 is 0 Å². The number of nitrogens with one attached hydrogen (secondary N) is 1. The van der Waals surface area contributed by atoms with Crippen LogP contribution in [0.3, 0.4) is 0 Å². The first-order chi connectivity index (χ1) is 6.13. The maximum atomic E-state index is 11.4. The van der Waals surface area contributed by atoms with Crippen molar-refractivity contribution in [2.45, 2.75) is 44.2 Å². The Morgan fingerprint density at radius 1 is 1.69 bits per heavy atom. The Hall–Kier alpha value is -0.610. The monoisotopic (exact) mass is 186 g/mol. The number of aliphatic hydroxyl groups is 1. The van der Waals surface area contributed by atoms with Crippen LogP contribution in [0.15, 0.2) is 0 Å². The zero-order valence-electron chi connectivity index (χ0n) is 8.05. The first-order valence-corrected chi connectivity index (χ1v) is 4.82. The second kappa shape index (κ2) is 4.07. The van der Waals surface area contributed by atoms with Gasteiger partial charge in [0, 0.05) is 0 Å². The number of hydrogen-bond acceptors (Lipinski definition) is 3. The summed E-state index contributed by atoms with van der Waals surface area (Å²) < 4.78 is 0. The molecule has 0 bridgehead atoms. The second-order valence-corrected chi connectivity index (χ2v) is 3.82. The number of nitrogens with two attached hydrogens (primary N) is 1. The average molecular weight is 186 g/mol. The van der Waals surface area contributed by atoms with E-state index in [1.807, 2.05) is 6.92 Å². The highest BCUT2D eigenvalue weighted by Crippen LogP contribution is 2.34. The SMILES string of the molecule is CCC[C@@H](N)C(=O)NC1(CO)CC1. The molecule has 1 aliphatic rings. The lowest BCUT2D eigenvalue weighted by Gasteiger charge is -2.17. The zero-order valence-corrected chi connectivity index (χ0v) is 8.05. The highest BCUT2D eigenvalue weighted by molar-refractivity contribution is 5.82. The van der Waals surface area contributed by atoms with Crippen molar-refractivity contribution in [2.24, 2.45) is 5.73 Å². The van der Waals surface area contributed by atoms with E-state index in [0.717, 1.165) is 19.3 Å². The van der Waals surface area contributed by atoms with Crippen LogP contribution in [0.25, 0.3) is 0 Å². The fourth-order valence-electron chi connectivity index (χ4n) is 1.27. The zero-order chi connectivity index (χ0) is 9.90. The third-order valence-electron chi connectivity index (χ3n) is 2.48. The quantitative estimate of drug-likeness (QED) is 0.554. The molecule has 0 radical (unpaired) electrons. The van der Waals surface area contributed by atoms with E-state index in [2.05, 4.69) is 5.32 Å². The number of carbonyl (C=O) groups excluding carboxylic acids is 1. The molecule has 0 unspecified atom stereocenters. The summed E-state index contributed by atoms with van der Waals surface area (Å²) in [5, 5.41) is 11.7. The molecule has 1 amide bonds. The van der Waals surface area contributed by atoms with Crippen molar-refractivity contribution >= 4 is 5.91 Å². The van der Waals surface area contributed by atoms with Gasteiger partial charge >= 0.3 is 0 Å². The van der Waals surface area contributed by atoms with Crippen molar-refractivity contribution in [3.63, 3.8) is 0 Å². The number of amides is 1. The predicted molar refractivity (Wildman–Crippen MR) is 50.1 cm³/mol. The van der Waals surface area contributed by atoms with E-state index in [4.69, 9.17) is 10.8 Å². The summed E-state index contributed by atoms with van der Waals surface area (Å²) >= 11 is 0. The lowest BCUT2D eigenvalue weighted by molar-refractivity contribution is -0.123. The van der Waals surface area contributed by atoms with Gasteiger partial charge in [-0.1, -0.05) is 13.3 Å². The number of hydrogen-bond donors (Lipinski definition) is 3. The smallest absolute Gasteiger partial charge is 0.237 e. The van der Waals surface area contributed by atoms with Gasteiger partial charge < -0.3 is 16.2 Å². The third kappa shape index (κ3) is 2.67. The number of carbonyl (C=O) groups is 1. The van der Waals surface area contributed by atoms with E-state index >= 15 is 0 Å². The lowest BCUT2D eigenvalue weighted by Crippen LogP contribution is -2.48. The first kappa shape index (κ1) is 10.5. The Kier molecular flexibility index (Phi) is 3.27. The minimum absolute atomic E-state index is 0.0254. The molecule has 1 aliphatic carbocycles. The predicted octanol–water partition coefficient (Wildman–Crippen LogP) is -0.245. The van der Waals surface area contributed by atoms with Crippen LogP contribution in [-0.2, 0) is 4.79 Å². The van der Waals surface area contributed by atoms with Crippen LogP contribution in [-0.4, -0.2) is 29.2 Å². The molecule has 4 N–H and O–H groups in total. The fraction of sp³-hybridized carbons (Fsp3) is 0.889. The Morgan fingerprint density at radius 3 is 2.69 bits per heavy atom. The summed E-state index contributed by atoms with van der Waals surface area (Å²) in [7, 11) is 0. The molecule has 13 heavy (non-hydrogen) atoms. The molecule has 1 rings (SSSR count). The Balaban J connectivity index is 2.32. The molecule has 1 saturated carbocycles. The van der Waals surface area contributed by atoms with E-state index in [-0.39, 0.29) is 18.1 Å². The van der Waals surface area contributed by atoms with E-state index in [0.29, 0.717) is 6.42 Å². The van der Waals surface area contributed by atoms with Gasteiger partial charge in [0.1, 0.15) is 0 Å². The summed E-state index contributed by atoms with van der Waals surface area (Å²) in [5.41, 5.74) is 5.29. The highest BCUT2D eigenvalue weighted by Gasteiger charge is 2.43. The van der Waals surface area contributed by atoms with Gasteiger partial charge in [-0.2, -0.15) is 0 Å². The van der Waals surface area contributed by atoms with Gasteiger partial charge in [-0.15, -0.1) is 0 Å². The van der Waals surface area contributed by atoms with Crippen LogP contribution in [0.1, 0.15) is 32.6 Å². The van der Waals surface area contributed by atoms with Crippen molar-refractivity contribution in [2.75, 3.05) is 6.61 Å². The van der Waals surface area contributed by atoms with Gasteiger partial charge in [-0.05, 0) is 19.3 Å². The molecule has 0 aromatic carbocycles. The highest BCUT2D eigenvalue weighted by atomic mass is 16.3. The molecule has 0 heterocycles. The average Bonchev–Trinajstić information content (AvgIpc) is 2.86. The van der Waals surface area contributed by atoms with Crippen LogP contribution in [0.2, 0.25) is 0 Å². The van der Waals surface area contributed by atoms with E-state index < -0.39 is 6.04 Å². The van der Waals surface area contributed by atoms with Crippen molar-refractivity contribution in [3.05, 3.63) is 0 Å². The topological polar surface area (TPSA) is 75.4 Å². The molecule has 0 aromatic rings. The van der Waals surface area contributed by atoms with E-state index in [1.54, 1.807) is 0 Å². The summed E-state index contributed by atoms with van der Waals surface area (Å²) in [5.74, 6) is -0.131. The molecule has 0 aromatic heterocycles. The molecular formula is C9H18N2O2. The van der Waals surface area contributed by atoms with E-state index in [9.17, 15) is 4.79 Å². The summed E-state index contributed by atoms with van der Waals surface area (Å²) in [6, 6.07) is -0.422. The summed E-state index contributed by atoms with van der Waals surface area (Å²) in [6.45, 7) is 2.02. The van der Waals surface area contributed by atoms with Gasteiger partial charge in [0.25, 0.3) is 0 Å². The fourth-order valence-corrected chi connectivity index (χ4v) is 1.27. The Labute approximate surface area is 78.5 Å². The van der Waals surface area contributed by atoms with Gasteiger partial charge in [0.15, 0.2) is 0 Å². The number of rotatable bonds is 5. The molecule has 1 atom stereocenters. The molecule has 0 saturated heterocycles. The van der Waals surface area contributed by atoms with Gasteiger partial charge in [0.2, 0.25) is 5.91 Å².